The zero-order valence-electron chi connectivity index (χ0n) is 7.05. The molecule has 0 bridgehead atoms. The molecule has 0 spiro atoms. The number of hydrogen-bond acceptors (Lipinski definition) is 1. The maximum Gasteiger partial charge on any atom is 0.101 e. The summed E-state index contributed by atoms with van der Waals surface area (Å²) in [4.78, 5) is 0. The maximum atomic E-state index is 8.92. The minimum absolute atomic E-state index is 0.642. The molecule has 1 aliphatic carbocycles. The molecule has 0 fully saturated rings. The minimum Gasteiger partial charge on any atom is -0.192 e. The van der Waals surface area contributed by atoms with Gasteiger partial charge in [0.15, 0.2) is 0 Å². The zero-order chi connectivity index (χ0) is 9.26. The molecule has 0 aromatic heterocycles. The Morgan fingerprint density at radius 1 is 1.23 bits per heavy atom. The molecular weight excluding hydrogens is 182 g/mol. The lowest BCUT2D eigenvalue weighted by molar-refractivity contribution is 0.964. The molecule has 0 saturated carbocycles. The SMILES string of the molecule is N#CC1=C(Cl)CCc2ccccc21. The second-order valence-corrected chi connectivity index (χ2v) is 3.51. The molecule has 64 valence electrons. The Morgan fingerprint density at radius 3 is 2.77 bits per heavy atom. The van der Waals surface area contributed by atoms with E-state index in [1.807, 2.05) is 18.2 Å². The van der Waals surface area contributed by atoms with E-state index in [0.29, 0.717) is 10.6 Å². The molecule has 0 saturated heterocycles. The van der Waals surface area contributed by atoms with Crippen LogP contribution in [0.3, 0.4) is 0 Å². The molecule has 1 aromatic rings. The molecule has 2 rings (SSSR count). The summed E-state index contributed by atoms with van der Waals surface area (Å²) >= 11 is 5.97. The molecule has 1 aromatic carbocycles. The molecule has 13 heavy (non-hydrogen) atoms. The van der Waals surface area contributed by atoms with Crippen molar-refractivity contribution >= 4 is 17.2 Å². The number of nitriles is 1. The second kappa shape index (κ2) is 3.24. The number of halogens is 1. The van der Waals surface area contributed by atoms with Crippen molar-refractivity contribution in [1.82, 2.24) is 0 Å². The molecule has 2 heteroatoms. The average Bonchev–Trinajstić information content (AvgIpc) is 2.18. The van der Waals surface area contributed by atoms with Gasteiger partial charge < -0.3 is 0 Å². The van der Waals surface area contributed by atoms with E-state index in [4.69, 9.17) is 16.9 Å². The fraction of sp³-hybridized carbons (Fsp3) is 0.182. The van der Waals surface area contributed by atoms with E-state index in [9.17, 15) is 0 Å². The van der Waals surface area contributed by atoms with Gasteiger partial charge in [-0.1, -0.05) is 35.9 Å². The summed E-state index contributed by atoms with van der Waals surface area (Å²) < 4.78 is 0. The highest BCUT2D eigenvalue weighted by molar-refractivity contribution is 6.33. The van der Waals surface area contributed by atoms with E-state index in [1.54, 1.807) is 0 Å². The van der Waals surface area contributed by atoms with E-state index in [1.165, 1.54) is 5.56 Å². The van der Waals surface area contributed by atoms with Crippen LogP contribution in [-0.2, 0) is 6.42 Å². The lowest BCUT2D eigenvalue weighted by Crippen LogP contribution is -2.00. The van der Waals surface area contributed by atoms with Crippen LogP contribution in [-0.4, -0.2) is 0 Å². The molecule has 1 aliphatic rings. The van der Waals surface area contributed by atoms with Gasteiger partial charge >= 0.3 is 0 Å². The van der Waals surface area contributed by atoms with Gasteiger partial charge in [-0.2, -0.15) is 5.26 Å². The van der Waals surface area contributed by atoms with Crippen molar-refractivity contribution < 1.29 is 0 Å². The molecule has 1 nitrogen and oxygen atoms in total. The van der Waals surface area contributed by atoms with Crippen molar-refractivity contribution in [3.05, 3.63) is 40.4 Å². The molecule has 0 aliphatic heterocycles. The van der Waals surface area contributed by atoms with Gasteiger partial charge in [0.05, 0.1) is 5.57 Å². The average molecular weight is 190 g/mol. The number of allylic oxidation sites excluding steroid dienone is 2. The smallest absolute Gasteiger partial charge is 0.101 e. The van der Waals surface area contributed by atoms with Gasteiger partial charge in [-0.25, -0.2) is 0 Å². The van der Waals surface area contributed by atoms with Crippen LogP contribution in [0.4, 0.5) is 0 Å². The predicted octanol–water partition coefficient (Wildman–Crippen LogP) is 3.11. The van der Waals surface area contributed by atoms with Crippen molar-refractivity contribution in [2.45, 2.75) is 12.8 Å². The summed E-state index contributed by atoms with van der Waals surface area (Å²) in [5.74, 6) is 0. The van der Waals surface area contributed by atoms with Crippen LogP contribution in [0.2, 0.25) is 0 Å². The number of benzene rings is 1. The van der Waals surface area contributed by atoms with Gasteiger partial charge in [0.1, 0.15) is 6.07 Å². The van der Waals surface area contributed by atoms with Gasteiger partial charge in [0.2, 0.25) is 0 Å². The largest absolute Gasteiger partial charge is 0.192 e. The fourth-order valence-electron chi connectivity index (χ4n) is 1.62. The third-order valence-corrected chi connectivity index (χ3v) is 2.66. The molecule has 0 unspecified atom stereocenters. The highest BCUT2D eigenvalue weighted by atomic mass is 35.5. The Balaban J connectivity index is 2.63. The van der Waals surface area contributed by atoms with Crippen LogP contribution < -0.4 is 0 Å². The highest BCUT2D eigenvalue weighted by Crippen LogP contribution is 2.32. The molecular formula is C11H8ClN. The van der Waals surface area contributed by atoms with Crippen molar-refractivity contribution in [3.8, 4) is 6.07 Å². The lowest BCUT2D eigenvalue weighted by atomic mass is 9.91. The second-order valence-electron chi connectivity index (χ2n) is 3.05. The monoisotopic (exact) mass is 189 g/mol. The van der Waals surface area contributed by atoms with Gasteiger partial charge in [-0.15, -0.1) is 0 Å². The molecule has 0 N–H and O–H groups in total. The lowest BCUT2D eigenvalue weighted by Gasteiger charge is -2.15. The van der Waals surface area contributed by atoms with Crippen LogP contribution >= 0.6 is 11.6 Å². The first-order valence-electron chi connectivity index (χ1n) is 4.20. The number of aryl methyl sites for hydroxylation is 1. The summed E-state index contributed by atoms with van der Waals surface area (Å²) in [6.07, 6.45) is 1.74. The molecule has 0 radical (unpaired) electrons. The van der Waals surface area contributed by atoms with Gasteiger partial charge in [-0.3, -0.25) is 0 Å². The van der Waals surface area contributed by atoms with E-state index in [2.05, 4.69) is 12.1 Å². The van der Waals surface area contributed by atoms with Gasteiger partial charge in [0.25, 0.3) is 0 Å². The van der Waals surface area contributed by atoms with Crippen LogP contribution in [0.25, 0.3) is 5.57 Å². The van der Waals surface area contributed by atoms with E-state index < -0.39 is 0 Å². The van der Waals surface area contributed by atoms with Crippen molar-refractivity contribution in [2.75, 3.05) is 0 Å². The van der Waals surface area contributed by atoms with E-state index in [-0.39, 0.29) is 0 Å². The zero-order valence-corrected chi connectivity index (χ0v) is 7.80. The number of hydrogen-bond donors (Lipinski definition) is 0. The predicted molar refractivity (Wildman–Crippen MR) is 53.1 cm³/mol. The first-order chi connectivity index (χ1) is 6.33. The fourth-order valence-corrected chi connectivity index (χ4v) is 1.86. The molecule has 0 amide bonds. The normalized spacial score (nSPS) is 15.1. The summed E-state index contributed by atoms with van der Waals surface area (Å²) in [6.45, 7) is 0. The Kier molecular flexibility index (Phi) is 2.08. The number of fused-ring (bicyclic) bond motifs is 1. The summed E-state index contributed by atoms with van der Waals surface area (Å²) in [5.41, 5.74) is 2.87. The highest BCUT2D eigenvalue weighted by Gasteiger charge is 2.16. The third kappa shape index (κ3) is 1.34. The first-order valence-corrected chi connectivity index (χ1v) is 4.58. The minimum atomic E-state index is 0.642. The third-order valence-electron chi connectivity index (χ3n) is 2.28. The van der Waals surface area contributed by atoms with Crippen molar-refractivity contribution in [2.24, 2.45) is 0 Å². The van der Waals surface area contributed by atoms with Crippen LogP contribution in [0, 0.1) is 11.3 Å². The summed E-state index contributed by atoms with van der Waals surface area (Å²) in [6, 6.07) is 10.1. The topological polar surface area (TPSA) is 23.8 Å². The van der Waals surface area contributed by atoms with Gasteiger partial charge in [0, 0.05) is 5.03 Å². The standard InChI is InChI=1S/C11H8ClN/c12-11-6-5-8-3-1-2-4-9(8)10(11)7-13/h1-4H,5-6H2. The van der Waals surface area contributed by atoms with Gasteiger partial charge in [-0.05, 0) is 24.0 Å². The Bertz CT molecular complexity index is 412. The molecule has 0 heterocycles. The summed E-state index contributed by atoms with van der Waals surface area (Å²) in [5, 5.41) is 9.61. The number of rotatable bonds is 0. The quantitative estimate of drug-likeness (QED) is 0.615. The first kappa shape index (κ1) is 8.34. The maximum absolute atomic E-state index is 8.92. The Labute approximate surface area is 82.3 Å². The van der Waals surface area contributed by atoms with E-state index in [0.717, 1.165) is 18.4 Å². The van der Waals surface area contributed by atoms with Crippen LogP contribution in [0.5, 0.6) is 0 Å². The summed E-state index contributed by atoms with van der Waals surface area (Å²) in [7, 11) is 0. The number of nitrogens with zero attached hydrogens (tertiary/aromatic N) is 1. The van der Waals surface area contributed by atoms with Crippen molar-refractivity contribution in [3.63, 3.8) is 0 Å². The Morgan fingerprint density at radius 2 is 2.00 bits per heavy atom. The Hall–Kier alpha value is -1.26. The van der Waals surface area contributed by atoms with E-state index >= 15 is 0 Å². The van der Waals surface area contributed by atoms with Crippen LogP contribution in [0.15, 0.2) is 29.3 Å². The molecule has 0 atom stereocenters. The van der Waals surface area contributed by atoms with Crippen LogP contribution in [0.1, 0.15) is 17.5 Å². The van der Waals surface area contributed by atoms with Crippen molar-refractivity contribution in [1.29, 1.82) is 5.26 Å².